The third-order valence-electron chi connectivity index (χ3n) is 11.1. The van der Waals surface area contributed by atoms with Crippen LogP contribution in [0.3, 0.4) is 0 Å². The van der Waals surface area contributed by atoms with Crippen LogP contribution in [0.4, 0.5) is 8.78 Å². The van der Waals surface area contributed by atoms with Crippen molar-refractivity contribution in [1.29, 1.82) is 0 Å². The fourth-order valence-corrected chi connectivity index (χ4v) is 7.01. The zero-order chi connectivity index (χ0) is 50.9. The highest BCUT2D eigenvalue weighted by atomic mass is 19.1. The first kappa shape index (κ1) is 57.3. The lowest BCUT2D eigenvalue weighted by atomic mass is 9.78. The fraction of sp³-hybridized carbons (Fsp3) is 0.410. The zero-order valence-corrected chi connectivity index (χ0v) is 43.4. The first-order valence-corrected chi connectivity index (χ1v) is 23.4. The minimum Gasteiger partial charge on any atom is -0.507 e. The predicted octanol–water partition coefficient (Wildman–Crippen LogP) is 17.8. The zero-order valence-electron chi connectivity index (χ0n) is 43.4. The van der Waals surface area contributed by atoms with Crippen molar-refractivity contribution in [3.8, 4) is 69.2 Å². The quantitative estimate of drug-likeness (QED) is 0.0702. The Morgan fingerprint density at radius 2 is 1.06 bits per heavy atom. The number of phenolic OH excluding ortho intramolecular Hbond substituents is 2. The minimum atomic E-state index is -0.461. The Hall–Kier alpha value is -5.80. The number of ether oxygens (including phenoxy) is 2. The summed E-state index contributed by atoms with van der Waals surface area (Å²) in [5.41, 5.74) is 8.46. The maximum absolute atomic E-state index is 15.3. The van der Waals surface area contributed by atoms with Crippen molar-refractivity contribution in [2.75, 3.05) is 13.2 Å². The van der Waals surface area contributed by atoms with Crippen LogP contribution in [0.15, 0.2) is 121 Å². The maximum atomic E-state index is 15.3. The first-order valence-electron chi connectivity index (χ1n) is 23.4. The molecule has 362 valence electrons. The summed E-state index contributed by atoms with van der Waals surface area (Å²) in [5.74, 6) is 0.0395. The van der Waals surface area contributed by atoms with Gasteiger partial charge in [-0.2, -0.15) is 0 Å². The largest absolute Gasteiger partial charge is 0.507 e. The van der Waals surface area contributed by atoms with E-state index >= 15 is 4.39 Å². The molecule has 0 bridgehead atoms. The number of aromatic hydroxyl groups is 2. The van der Waals surface area contributed by atoms with Gasteiger partial charge in [-0.3, -0.25) is 0 Å². The molecular formula is C61H80F2O4. The summed E-state index contributed by atoms with van der Waals surface area (Å²) < 4.78 is 41.3. The van der Waals surface area contributed by atoms with Crippen LogP contribution < -0.4 is 9.47 Å². The van der Waals surface area contributed by atoms with Crippen LogP contribution in [0.1, 0.15) is 141 Å². The number of para-hydroxylation sites is 2. The van der Waals surface area contributed by atoms with Gasteiger partial charge in [-0.15, -0.1) is 19.4 Å². The molecule has 0 fully saturated rings. The molecular weight excluding hydrogens is 835 g/mol. The fourth-order valence-electron chi connectivity index (χ4n) is 7.01. The SMILES string of the molecule is C#C.C=C(C)C.CC(C)(C)c1cc(-c2cc(F)cc(-c3ccccc3OCCCOc3ccccc3-c3cc(F)ccc3O)c2O)cc(C(C)(C)C)c1.CCCC(C)(C)/C(C)=C/CC(C)(C)C. The number of halogens is 2. The van der Waals surface area contributed by atoms with Gasteiger partial charge in [0, 0.05) is 34.2 Å². The molecule has 0 aliphatic carbocycles. The summed E-state index contributed by atoms with van der Waals surface area (Å²) in [7, 11) is 0. The van der Waals surface area contributed by atoms with Crippen LogP contribution in [-0.4, -0.2) is 23.4 Å². The van der Waals surface area contributed by atoms with E-state index in [1.54, 1.807) is 35.9 Å². The molecule has 0 atom stereocenters. The Kier molecular flexibility index (Phi) is 21.7. The Labute approximate surface area is 404 Å². The van der Waals surface area contributed by atoms with Crippen molar-refractivity contribution in [2.45, 2.75) is 140 Å². The molecule has 0 saturated heterocycles. The summed E-state index contributed by atoms with van der Waals surface area (Å²) in [4.78, 5) is 0. The molecule has 5 aromatic rings. The lowest BCUT2D eigenvalue weighted by molar-refractivity contribution is 0.248. The van der Waals surface area contributed by atoms with Gasteiger partial charge < -0.3 is 19.7 Å². The van der Waals surface area contributed by atoms with Crippen molar-refractivity contribution in [1.82, 2.24) is 0 Å². The smallest absolute Gasteiger partial charge is 0.131 e. The lowest BCUT2D eigenvalue weighted by Gasteiger charge is -2.26. The van der Waals surface area contributed by atoms with Crippen LogP contribution in [0.5, 0.6) is 23.0 Å². The van der Waals surface area contributed by atoms with Crippen molar-refractivity contribution < 1.29 is 28.5 Å². The van der Waals surface area contributed by atoms with Crippen molar-refractivity contribution in [2.24, 2.45) is 10.8 Å². The Balaban J connectivity index is 0.000000648. The predicted molar refractivity (Wildman–Crippen MR) is 282 cm³/mol. The second kappa shape index (κ2) is 25.4. The van der Waals surface area contributed by atoms with Crippen molar-refractivity contribution in [3.63, 3.8) is 0 Å². The molecule has 0 amide bonds. The summed E-state index contributed by atoms with van der Waals surface area (Å²) in [5, 5.41) is 21.9. The molecule has 0 aliphatic heterocycles. The van der Waals surface area contributed by atoms with Gasteiger partial charge in [0.15, 0.2) is 0 Å². The molecule has 0 saturated carbocycles. The van der Waals surface area contributed by atoms with Gasteiger partial charge in [0.2, 0.25) is 0 Å². The Morgan fingerprint density at radius 1 is 0.612 bits per heavy atom. The average molecular weight is 915 g/mol. The highest BCUT2D eigenvalue weighted by Gasteiger charge is 2.24. The monoisotopic (exact) mass is 915 g/mol. The molecule has 5 rings (SSSR count). The number of rotatable bonds is 13. The van der Waals surface area contributed by atoms with Crippen molar-refractivity contribution in [3.05, 3.63) is 144 Å². The number of hydrogen-bond acceptors (Lipinski definition) is 4. The van der Waals surface area contributed by atoms with Gasteiger partial charge in [-0.1, -0.05) is 161 Å². The summed E-state index contributed by atoms with van der Waals surface area (Å²) >= 11 is 0. The molecule has 0 radical (unpaired) electrons. The molecule has 0 aromatic heterocycles. The van der Waals surface area contributed by atoms with E-state index in [0.29, 0.717) is 63.2 Å². The van der Waals surface area contributed by atoms with E-state index in [-0.39, 0.29) is 28.9 Å². The highest BCUT2D eigenvalue weighted by molar-refractivity contribution is 5.85. The first-order chi connectivity index (χ1) is 31.1. The summed E-state index contributed by atoms with van der Waals surface area (Å²) in [6.45, 7) is 37.1. The van der Waals surface area contributed by atoms with Gasteiger partial charge >= 0.3 is 0 Å². The third-order valence-corrected chi connectivity index (χ3v) is 11.1. The topological polar surface area (TPSA) is 58.9 Å². The van der Waals surface area contributed by atoms with E-state index in [1.165, 1.54) is 55.2 Å². The van der Waals surface area contributed by atoms with Crippen LogP contribution in [0, 0.1) is 35.3 Å². The lowest BCUT2D eigenvalue weighted by Crippen LogP contribution is -2.16. The van der Waals surface area contributed by atoms with Crippen LogP contribution in [-0.2, 0) is 10.8 Å². The Morgan fingerprint density at radius 3 is 1.52 bits per heavy atom. The van der Waals surface area contributed by atoms with Crippen molar-refractivity contribution >= 4 is 0 Å². The van der Waals surface area contributed by atoms with Crippen LogP contribution in [0.2, 0.25) is 0 Å². The summed E-state index contributed by atoms with van der Waals surface area (Å²) in [6.07, 6.45) is 14.7. The number of benzene rings is 5. The standard InChI is InChI=1S/C41H42F2O4.C14H28.C4H8.C2H2/c1-40(2,3)27-20-26(21-28(22-27)41(4,5)6)33-24-30(43)25-35(39(33)45)32-13-8-10-15-38(32)47-19-11-18-46-37-14-9-7-12-31(37)34-23-29(42)16-17-36(34)44;1-8-10-14(6,7)12(2)9-11-13(3,4)5;1-4(2)3;1-2/h7-10,12-17,20-25,44-45H,11,18-19H2,1-6H3;9H,8,10-11H2,1-7H3;1H2,2-3H3;1-2H/b;12-9+;;. The molecule has 0 unspecified atom stereocenters. The molecule has 67 heavy (non-hydrogen) atoms. The molecule has 0 aliphatic rings. The van der Waals surface area contributed by atoms with Gasteiger partial charge in [0.05, 0.1) is 13.2 Å². The van der Waals surface area contributed by atoms with E-state index in [2.05, 4.69) is 122 Å². The van der Waals surface area contributed by atoms with Crippen LogP contribution in [0.25, 0.3) is 33.4 Å². The molecule has 6 heteroatoms. The van der Waals surface area contributed by atoms with E-state index < -0.39 is 11.6 Å². The number of allylic oxidation sites excluding steroid dienone is 3. The maximum Gasteiger partial charge on any atom is 0.131 e. The molecule has 2 N–H and O–H groups in total. The minimum absolute atomic E-state index is 0.0195. The molecule has 5 aromatic carbocycles. The van der Waals surface area contributed by atoms with Gasteiger partial charge in [0.25, 0.3) is 0 Å². The normalized spacial score (nSPS) is 11.8. The van der Waals surface area contributed by atoms with Crippen LogP contribution >= 0.6 is 0 Å². The number of phenols is 2. The van der Waals surface area contributed by atoms with E-state index in [4.69, 9.17) is 9.47 Å². The molecule has 0 spiro atoms. The highest BCUT2D eigenvalue weighted by Crippen LogP contribution is 2.44. The van der Waals surface area contributed by atoms with E-state index in [0.717, 1.165) is 16.7 Å². The second-order valence-electron chi connectivity index (χ2n) is 21.3. The number of terminal acetylenes is 1. The average Bonchev–Trinajstić information content (AvgIpc) is 3.24. The Bertz CT molecular complexity index is 2380. The number of hydrogen-bond donors (Lipinski definition) is 2. The summed E-state index contributed by atoms with van der Waals surface area (Å²) in [6, 6.07) is 27.2. The molecule has 4 nitrogen and oxygen atoms in total. The van der Waals surface area contributed by atoms with Gasteiger partial charge in [0.1, 0.15) is 34.6 Å². The van der Waals surface area contributed by atoms with E-state index in [9.17, 15) is 14.6 Å². The van der Waals surface area contributed by atoms with Gasteiger partial charge in [-0.05, 0) is 114 Å². The second-order valence-corrected chi connectivity index (χ2v) is 21.3. The van der Waals surface area contributed by atoms with Gasteiger partial charge in [-0.25, -0.2) is 8.78 Å². The molecule has 0 heterocycles. The van der Waals surface area contributed by atoms with E-state index in [1.807, 2.05) is 44.2 Å². The third kappa shape index (κ3) is 18.4.